The SMILES string of the molecule is Cc1nc(=O)[nH]c(=O)[c-]1N=Cc1cc(Cl)cc(Cl)c1O.[Na+]. The second-order valence-corrected chi connectivity index (χ2v) is 4.73. The number of aromatic nitrogens is 2. The van der Waals surface area contributed by atoms with Gasteiger partial charge in [0.05, 0.1) is 5.02 Å². The summed E-state index contributed by atoms with van der Waals surface area (Å²) in [7, 11) is 0. The predicted octanol–water partition coefficient (Wildman–Crippen LogP) is -1.08. The third kappa shape index (κ3) is 4.21. The molecule has 9 heteroatoms. The van der Waals surface area contributed by atoms with Crippen LogP contribution in [0.5, 0.6) is 5.75 Å². The van der Waals surface area contributed by atoms with Crippen LogP contribution in [0.2, 0.25) is 10.0 Å². The Hall–Kier alpha value is -1.05. The number of phenols is 1. The fourth-order valence-corrected chi connectivity index (χ4v) is 2.03. The first-order valence-corrected chi connectivity index (χ1v) is 6.14. The molecule has 0 unspecified atom stereocenters. The van der Waals surface area contributed by atoms with Crippen LogP contribution in [0.1, 0.15) is 11.3 Å². The summed E-state index contributed by atoms with van der Waals surface area (Å²) in [5.74, 6) is -0.206. The van der Waals surface area contributed by atoms with Crippen molar-refractivity contribution < 1.29 is 34.7 Å². The van der Waals surface area contributed by atoms with Crippen molar-refractivity contribution in [2.45, 2.75) is 6.92 Å². The third-order valence-electron chi connectivity index (χ3n) is 2.44. The van der Waals surface area contributed by atoms with E-state index in [1.807, 2.05) is 4.98 Å². The second kappa shape index (κ2) is 7.29. The van der Waals surface area contributed by atoms with Gasteiger partial charge in [0.15, 0.2) is 5.56 Å². The summed E-state index contributed by atoms with van der Waals surface area (Å²) in [4.78, 5) is 32.0. The van der Waals surface area contributed by atoms with Gasteiger partial charge >= 0.3 is 35.2 Å². The molecule has 0 aliphatic carbocycles. The van der Waals surface area contributed by atoms with Gasteiger partial charge in [-0.25, -0.2) is 9.78 Å². The van der Waals surface area contributed by atoms with Crippen LogP contribution in [0.3, 0.4) is 0 Å². The Bertz CT molecular complexity index is 814. The number of aromatic hydroxyl groups is 1. The molecule has 6 nitrogen and oxygen atoms in total. The summed E-state index contributed by atoms with van der Waals surface area (Å²) in [5, 5.41) is 10.1. The largest absolute Gasteiger partial charge is 1.00 e. The van der Waals surface area contributed by atoms with Crippen LogP contribution in [0.15, 0.2) is 26.7 Å². The molecule has 0 amide bonds. The standard InChI is InChI=1S/C12H8Cl2N3O3.Na/c1-5-9(11(19)17-12(20)16-5)15-4-6-2-7(13)3-8(14)10(6)18;/h2-4,18H,1H3,(H,17,19,20);/q-1;+1. The fourth-order valence-electron chi connectivity index (χ4n) is 1.52. The predicted molar refractivity (Wildman–Crippen MR) is 76.8 cm³/mol. The molecule has 2 aromatic rings. The molecule has 104 valence electrons. The number of aliphatic imine (C=N–C) groups is 1. The van der Waals surface area contributed by atoms with Gasteiger partial charge in [-0.15, -0.1) is 6.21 Å². The van der Waals surface area contributed by atoms with E-state index in [9.17, 15) is 14.7 Å². The molecule has 0 aliphatic rings. The number of hydrogen-bond acceptors (Lipinski definition) is 5. The van der Waals surface area contributed by atoms with Crippen LogP contribution in [0, 0.1) is 6.92 Å². The molecular weight excluding hydrogens is 328 g/mol. The Morgan fingerprint density at radius 2 is 2.05 bits per heavy atom. The Morgan fingerprint density at radius 3 is 2.67 bits per heavy atom. The number of halogens is 2. The Kier molecular flexibility index (Phi) is 6.24. The average Bonchev–Trinajstić information content (AvgIpc) is 2.33. The van der Waals surface area contributed by atoms with Crippen LogP contribution in [-0.2, 0) is 0 Å². The molecule has 2 N–H and O–H groups in total. The average molecular weight is 336 g/mol. The Morgan fingerprint density at radius 1 is 1.38 bits per heavy atom. The second-order valence-electron chi connectivity index (χ2n) is 3.89. The molecule has 2 rings (SSSR count). The van der Waals surface area contributed by atoms with Crippen molar-refractivity contribution in [3.05, 3.63) is 54.3 Å². The summed E-state index contributed by atoms with van der Waals surface area (Å²) in [6.45, 7) is 1.48. The fraction of sp³-hybridized carbons (Fsp3) is 0.0833. The maximum Gasteiger partial charge on any atom is 1.00 e. The van der Waals surface area contributed by atoms with Crippen LogP contribution in [0.25, 0.3) is 0 Å². The van der Waals surface area contributed by atoms with Gasteiger partial charge in [-0.3, -0.25) is 9.78 Å². The molecule has 21 heavy (non-hydrogen) atoms. The van der Waals surface area contributed by atoms with Crippen LogP contribution >= 0.6 is 23.2 Å². The van der Waals surface area contributed by atoms with E-state index >= 15 is 0 Å². The van der Waals surface area contributed by atoms with Crippen molar-refractivity contribution >= 4 is 35.1 Å². The minimum absolute atomic E-state index is 0. The first-order chi connectivity index (χ1) is 9.38. The van der Waals surface area contributed by atoms with E-state index in [1.54, 1.807) is 0 Å². The van der Waals surface area contributed by atoms with Crippen molar-refractivity contribution in [2.24, 2.45) is 4.99 Å². The molecule has 1 aromatic carbocycles. The van der Waals surface area contributed by atoms with Crippen LogP contribution < -0.4 is 40.8 Å². The molecule has 0 fully saturated rings. The van der Waals surface area contributed by atoms with Gasteiger partial charge in [0.2, 0.25) is 0 Å². The van der Waals surface area contributed by atoms with Crippen molar-refractivity contribution in [1.82, 2.24) is 9.97 Å². The molecule has 0 saturated carbocycles. The van der Waals surface area contributed by atoms with E-state index in [0.29, 0.717) is 5.02 Å². The number of nitrogens with zero attached hydrogens (tertiary/aromatic N) is 2. The van der Waals surface area contributed by atoms with Crippen molar-refractivity contribution in [3.63, 3.8) is 0 Å². The summed E-state index contributed by atoms with van der Waals surface area (Å²) in [6.07, 6.45) is 1.22. The zero-order chi connectivity index (χ0) is 14.9. The number of phenolic OH excluding ortho intramolecular Hbond substituents is 1. The minimum atomic E-state index is -0.736. The van der Waals surface area contributed by atoms with E-state index in [1.165, 1.54) is 25.3 Å². The zero-order valence-corrected chi connectivity index (χ0v) is 14.7. The Labute approximate surface area is 151 Å². The smallest absolute Gasteiger partial charge is 0.507 e. The molecule has 0 aliphatic heterocycles. The van der Waals surface area contributed by atoms with Crippen LogP contribution in [-0.4, -0.2) is 21.3 Å². The summed E-state index contributed by atoms with van der Waals surface area (Å²) >= 11 is 11.6. The molecule has 0 radical (unpaired) electrons. The summed E-state index contributed by atoms with van der Waals surface area (Å²) < 4.78 is 0. The van der Waals surface area contributed by atoms with E-state index in [2.05, 4.69) is 9.98 Å². The van der Waals surface area contributed by atoms with E-state index in [4.69, 9.17) is 23.2 Å². The quantitative estimate of drug-likeness (QED) is 0.415. The van der Waals surface area contributed by atoms with Gasteiger partial charge in [-0.2, -0.15) is 0 Å². The molecule has 1 heterocycles. The number of hydrogen-bond donors (Lipinski definition) is 2. The summed E-state index contributed by atoms with van der Waals surface area (Å²) in [5.41, 5.74) is -0.998. The van der Waals surface area contributed by atoms with E-state index in [-0.39, 0.29) is 57.3 Å². The van der Waals surface area contributed by atoms with Crippen molar-refractivity contribution in [3.8, 4) is 5.75 Å². The molecule has 0 saturated heterocycles. The van der Waals surface area contributed by atoms with Gasteiger partial charge in [-0.1, -0.05) is 23.2 Å². The van der Waals surface area contributed by atoms with Gasteiger partial charge in [0.25, 0.3) is 0 Å². The van der Waals surface area contributed by atoms with Gasteiger partial charge in [0, 0.05) is 5.02 Å². The van der Waals surface area contributed by atoms with Gasteiger partial charge in [0.1, 0.15) is 5.75 Å². The molecule has 1 aromatic heterocycles. The van der Waals surface area contributed by atoms with Crippen molar-refractivity contribution in [1.29, 1.82) is 0 Å². The minimum Gasteiger partial charge on any atom is -0.507 e. The topological polar surface area (TPSA) is 95.4 Å². The molecule has 0 bridgehead atoms. The number of aryl methyl sites for hydroxylation is 1. The number of rotatable bonds is 2. The van der Waals surface area contributed by atoms with Crippen molar-refractivity contribution in [2.75, 3.05) is 0 Å². The number of nitrogens with one attached hydrogen (secondary N) is 1. The first kappa shape index (κ1) is 18.0. The Balaban J connectivity index is 0.00000220. The zero-order valence-electron chi connectivity index (χ0n) is 11.1. The number of aromatic amines is 1. The number of benzene rings is 1. The normalized spacial score (nSPS) is 10.6. The maximum absolute atomic E-state index is 11.6. The van der Waals surface area contributed by atoms with Gasteiger partial charge in [-0.05, 0) is 36.0 Å². The maximum atomic E-state index is 11.6. The van der Waals surface area contributed by atoms with Gasteiger partial charge < -0.3 is 10.1 Å². The molecular formula is C12H8Cl2N3NaO3. The van der Waals surface area contributed by atoms with E-state index in [0.717, 1.165) is 0 Å². The monoisotopic (exact) mass is 335 g/mol. The van der Waals surface area contributed by atoms with E-state index < -0.39 is 11.2 Å². The third-order valence-corrected chi connectivity index (χ3v) is 2.94. The van der Waals surface area contributed by atoms with Crippen LogP contribution in [0.4, 0.5) is 5.69 Å². The number of H-pyrrole nitrogens is 1. The molecule has 0 atom stereocenters. The first-order valence-electron chi connectivity index (χ1n) is 5.38. The summed E-state index contributed by atoms with van der Waals surface area (Å²) in [6, 6.07) is 2.81. The molecule has 0 spiro atoms.